The van der Waals surface area contributed by atoms with Crippen molar-refractivity contribution in [3.05, 3.63) is 59.7 Å². The summed E-state index contributed by atoms with van der Waals surface area (Å²) < 4.78 is 144. The first-order valence-electron chi connectivity index (χ1n) is 22.8. The fraction of sp³-hybridized carbons (Fsp3) is 0.647. The molecule has 2 N–H and O–H groups in total. The molecule has 0 heterocycles. The van der Waals surface area contributed by atoms with Crippen LogP contribution in [0.3, 0.4) is 0 Å². The van der Waals surface area contributed by atoms with Crippen molar-refractivity contribution in [1.82, 2.24) is 9.80 Å². The van der Waals surface area contributed by atoms with E-state index in [9.17, 15) is 10.2 Å². The molecule has 0 bridgehead atoms. The lowest BCUT2D eigenvalue weighted by atomic mass is 9.72. The molecule has 2 aromatic carbocycles. The first kappa shape index (κ1) is 16.9. The summed E-state index contributed by atoms with van der Waals surface area (Å²) in [6, 6.07) is 11.9. The van der Waals surface area contributed by atoms with E-state index in [1.165, 1.54) is 24.3 Å². The molecule has 0 aliphatic heterocycles. The van der Waals surface area contributed by atoms with Gasteiger partial charge < -0.3 is 29.5 Å². The standard InChI is InChI=1S/2C17H27NO2.ClH/c2*1-18(2)13-16(17(19)11-5-4-6-12-17)14-7-9-15(20-3)10-8-14;/h2*7-10,16,19H,4-6,11-13H2,1-3H3;1H/t16-;;/m0../s1/i2*1D3,2D3,3D3;. The predicted octanol–water partition coefficient (Wildman–Crippen LogP) is 6.49. The van der Waals surface area contributed by atoms with Gasteiger partial charge in [-0.3, -0.25) is 0 Å². The third-order valence-electron chi connectivity index (χ3n) is 8.27. The number of halogens is 1. The second-order valence-electron chi connectivity index (χ2n) is 11.0. The summed E-state index contributed by atoms with van der Waals surface area (Å²) in [5, 5.41) is 22.6. The summed E-state index contributed by atoms with van der Waals surface area (Å²) in [6.45, 7) is -12.2. The zero-order valence-corrected chi connectivity index (χ0v) is 24.1. The van der Waals surface area contributed by atoms with Gasteiger partial charge in [0.15, 0.2) is 0 Å². The first-order chi connectivity index (χ1) is 26.2. The molecule has 0 aromatic heterocycles. The van der Waals surface area contributed by atoms with Crippen LogP contribution in [-0.2, 0) is 0 Å². The van der Waals surface area contributed by atoms with Crippen molar-refractivity contribution >= 4 is 12.4 Å². The minimum atomic E-state index is -2.86. The summed E-state index contributed by atoms with van der Waals surface area (Å²) in [7, 11) is -5.22. The van der Waals surface area contributed by atoms with Gasteiger partial charge in [0.2, 0.25) is 0 Å². The Kier molecular flexibility index (Phi) is 6.88. The van der Waals surface area contributed by atoms with Crippen molar-refractivity contribution in [3.63, 3.8) is 0 Å². The Balaban J connectivity index is 0.000000400. The second kappa shape index (κ2) is 16.7. The second-order valence-corrected chi connectivity index (χ2v) is 11.0. The maximum absolute atomic E-state index is 11.3. The summed E-state index contributed by atoms with van der Waals surface area (Å²) >= 11 is 0. The van der Waals surface area contributed by atoms with Gasteiger partial charge in [-0.2, -0.15) is 0 Å². The van der Waals surface area contributed by atoms with Crippen molar-refractivity contribution in [2.45, 2.75) is 87.2 Å². The molecular weight excluding hydrogens is 536 g/mol. The molecule has 0 amide bonds. The van der Waals surface area contributed by atoms with E-state index >= 15 is 0 Å². The molecule has 2 atom stereocenters. The van der Waals surface area contributed by atoms with E-state index in [-0.39, 0.29) is 37.0 Å². The van der Waals surface area contributed by atoms with E-state index in [4.69, 9.17) is 34.1 Å². The highest BCUT2D eigenvalue weighted by Crippen LogP contribution is 2.41. The predicted molar refractivity (Wildman–Crippen MR) is 172 cm³/mol. The molecular formula is C34H55ClN2O4. The fourth-order valence-corrected chi connectivity index (χ4v) is 6.10. The zero-order chi connectivity index (χ0) is 44.2. The van der Waals surface area contributed by atoms with E-state index in [2.05, 4.69) is 0 Å². The molecule has 2 fully saturated rings. The Hall–Kier alpha value is -1.83. The lowest BCUT2D eigenvalue weighted by Crippen LogP contribution is -2.42. The van der Waals surface area contributed by atoms with Gasteiger partial charge in [-0.25, -0.2) is 0 Å². The lowest BCUT2D eigenvalue weighted by molar-refractivity contribution is -0.0280. The highest BCUT2D eigenvalue weighted by Gasteiger charge is 2.40. The number of methoxy groups -OCH3 is 2. The molecule has 2 aliphatic carbocycles. The van der Waals surface area contributed by atoms with Crippen LogP contribution in [0.5, 0.6) is 11.5 Å². The van der Waals surface area contributed by atoms with E-state index in [1.54, 1.807) is 24.3 Å². The highest BCUT2D eigenvalue weighted by molar-refractivity contribution is 5.85. The number of ether oxygens (including phenoxy) is 2. The van der Waals surface area contributed by atoms with Crippen molar-refractivity contribution in [2.24, 2.45) is 0 Å². The molecule has 7 heteroatoms. The van der Waals surface area contributed by atoms with E-state index in [0.29, 0.717) is 46.6 Å². The van der Waals surface area contributed by atoms with Crippen LogP contribution in [0.15, 0.2) is 48.5 Å². The minimum absolute atomic E-state index is 0. The smallest absolute Gasteiger partial charge is 0.118 e. The van der Waals surface area contributed by atoms with Crippen LogP contribution in [0, 0.1) is 0 Å². The van der Waals surface area contributed by atoms with Gasteiger partial charge in [0, 0.05) is 41.4 Å². The third kappa shape index (κ3) is 10.1. The summed E-state index contributed by atoms with van der Waals surface area (Å²) in [6.07, 6.45) is 6.66. The molecule has 0 saturated heterocycles. The monoisotopic (exact) mass is 608 g/mol. The Morgan fingerprint density at radius 3 is 1.27 bits per heavy atom. The molecule has 1 unspecified atom stereocenters. The highest BCUT2D eigenvalue weighted by atomic mass is 35.5. The number of benzene rings is 2. The molecule has 2 aromatic rings. The SMILES string of the molecule is Cl.[2H]C([2H])([2H])Oc1ccc(C(CN(C([2H])([2H])[2H])C([2H])([2H])[2H])C2(O)CCCCC2)cc1.[2H]C([2H])([2H])Oc1ccc([C@H](CN(C([2H])([2H])[2H])C([2H])([2H])[2H])C2(O)CCCCC2)cc1. The van der Waals surface area contributed by atoms with Crippen LogP contribution in [0.2, 0.25) is 0 Å². The maximum atomic E-state index is 11.3. The van der Waals surface area contributed by atoms with Gasteiger partial charge in [-0.1, -0.05) is 62.8 Å². The average molecular weight is 609 g/mol. The minimum Gasteiger partial charge on any atom is -0.497 e. The van der Waals surface area contributed by atoms with Crippen LogP contribution < -0.4 is 9.47 Å². The Morgan fingerprint density at radius 2 is 0.976 bits per heavy atom. The molecule has 4 rings (SSSR count). The summed E-state index contributed by atoms with van der Waals surface area (Å²) in [4.78, 5) is 0.925. The van der Waals surface area contributed by atoms with Crippen molar-refractivity contribution < 1.29 is 44.4 Å². The van der Waals surface area contributed by atoms with Crippen LogP contribution in [-0.4, -0.2) is 86.3 Å². The quantitative estimate of drug-likeness (QED) is 0.321. The number of hydrogen-bond acceptors (Lipinski definition) is 6. The fourth-order valence-electron chi connectivity index (χ4n) is 6.10. The Labute approximate surface area is 280 Å². The maximum Gasteiger partial charge on any atom is 0.118 e. The van der Waals surface area contributed by atoms with Gasteiger partial charge in [0.1, 0.15) is 11.5 Å². The van der Waals surface area contributed by atoms with Crippen LogP contribution in [0.25, 0.3) is 0 Å². The van der Waals surface area contributed by atoms with Crippen molar-refractivity contribution in [3.8, 4) is 11.5 Å². The van der Waals surface area contributed by atoms with Gasteiger partial charge in [-0.05, 0) is 89.0 Å². The molecule has 0 radical (unpaired) electrons. The van der Waals surface area contributed by atoms with E-state index in [0.717, 1.165) is 38.5 Å². The van der Waals surface area contributed by atoms with Crippen LogP contribution in [0.4, 0.5) is 0 Å². The van der Waals surface area contributed by atoms with Gasteiger partial charge >= 0.3 is 0 Å². The summed E-state index contributed by atoms with van der Waals surface area (Å²) in [5.74, 6) is -1.34. The average Bonchev–Trinajstić information content (AvgIpc) is 3.03. The topological polar surface area (TPSA) is 65.4 Å². The largest absolute Gasteiger partial charge is 0.497 e. The number of rotatable bonds is 10. The van der Waals surface area contributed by atoms with E-state index in [1.807, 2.05) is 0 Å². The van der Waals surface area contributed by atoms with Gasteiger partial charge in [0.05, 0.1) is 33.5 Å². The normalized spacial score (nSPS) is 27.7. The lowest BCUT2D eigenvalue weighted by Gasteiger charge is -2.40. The molecule has 2 saturated carbocycles. The van der Waals surface area contributed by atoms with E-state index < -0.39 is 65.0 Å². The van der Waals surface area contributed by atoms with Crippen LogP contribution >= 0.6 is 12.4 Å². The van der Waals surface area contributed by atoms with Crippen molar-refractivity contribution in [1.29, 1.82) is 0 Å². The van der Waals surface area contributed by atoms with Gasteiger partial charge in [0.25, 0.3) is 0 Å². The molecule has 0 spiro atoms. The number of likely N-dealkylation sites (N-methyl/N-ethyl adjacent to an activating group) is 2. The Morgan fingerprint density at radius 1 is 0.634 bits per heavy atom. The summed E-state index contributed by atoms with van der Waals surface area (Å²) in [5.41, 5.74) is -1.43. The molecule has 2 aliphatic rings. The molecule has 232 valence electrons. The molecule has 41 heavy (non-hydrogen) atoms. The third-order valence-corrected chi connectivity index (χ3v) is 8.27. The Bertz CT molecular complexity index is 1420. The zero-order valence-electron chi connectivity index (χ0n) is 41.3. The number of hydrogen-bond donors (Lipinski definition) is 2. The first-order valence-corrected chi connectivity index (χ1v) is 13.8. The van der Waals surface area contributed by atoms with Crippen molar-refractivity contribution in [2.75, 3.05) is 55.1 Å². The van der Waals surface area contributed by atoms with Gasteiger partial charge in [-0.15, -0.1) is 12.4 Å². The molecule has 6 nitrogen and oxygen atoms in total. The van der Waals surface area contributed by atoms with Crippen LogP contribution in [0.1, 0.15) is 112 Å². The number of nitrogens with zero attached hydrogens (tertiary/aromatic N) is 2. The number of aliphatic hydroxyl groups is 2.